The lowest BCUT2D eigenvalue weighted by molar-refractivity contribution is 0.466. The molecule has 4 aromatic rings. The highest BCUT2D eigenvalue weighted by Gasteiger charge is 2.20. The van der Waals surface area contributed by atoms with Gasteiger partial charge >= 0.3 is 0 Å². The summed E-state index contributed by atoms with van der Waals surface area (Å²) in [5.41, 5.74) is 2.82. The summed E-state index contributed by atoms with van der Waals surface area (Å²) < 4.78 is 34.3. The Morgan fingerprint density at radius 1 is 1.03 bits per heavy atom. The van der Waals surface area contributed by atoms with Gasteiger partial charge in [-0.3, -0.25) is 4.72 Å². The molecule has 1 aliphatic heterocycles. The second-order valence-electron chi connectivity index (χ2n) is 9.72. The highest BCUT2D eigenvalue weighted by atomic mass is 35.5. The number of aromatic nitrogens is 3. The van der Waals surface area contributed by atoms with Crippen LogP contribution in [0.4, 0.5) is 11.6 Å². The average Bonchev–Trinajstić information content (AvgIpc) is 2.91. The van der Waals surface area contributed by atoms with Crippen LogP contribution in [0, 0.1) is 6.92 Å². The summed E-state index contributed by atoms with van der Waals surface area (Å²) in [6.45, 7) is 7.16. The maximum absolute atomic E-state index is 12.6. The molecule has 3 N–H and O–H groups in total. The number of benzene rings is 2. The van der Waals surface area contributed by atoms with Crippen LogP contribution in [-0.2, 0) is 10.0 Å². The summed E-state index contributed by atoms with van der Waals surface area (Å²) >= 11 is 0. The molecule has 1 atom stereocenters. The molecule has 1 saturated heterocycles. The molecule has 0 bridgehead atoms. The minimum Gasteiger partial charge on any atom is -0.437 e. The summed E-state index contributed by atoms with van der Waals surface area (Å²) in [7, 11) is -3.51. The number of hydrogen-bond acceptors (Lipinski definition) is 8. The van der Waals surface area contributed by atoms with Gasteiger partial charge in [0, 0.05) is 35.8 Å². The van der Waals surface area contributed by atoms with Crippen molar-refractivity contribution in [3.05, 3.63) is 66.5 Å². The van der Waals surface area contributed by atoms with E-state index in [0.717, 1.165) is 47.8 Å². The van der Waals surface area contributed by atoms with Crippen molar-refractivity contribution in [3.8, 4) is 22.9 Å². The molecule has 0 spiro atoms. The van der Waals surface area contributed by atoms with E-state index in [-0.39, 0.29) is 18.4 Å². The van der Waals surface area contributed by atoms with Crippen LogP contribution < -0.4 is 20.1 Å². The van der Waals surface area contributed by atoms with Gasteiger partial charge in [-0.05, 0) is 70.0 Å². The Labute approximate surface area is 235 Å². The number of piperidine rings is 1. The van der Waals surface area contributed by atoms with Crippen molar-refractivity contribution in [1.29, 1.82) is 0 Å². The van der Waals surface area contributed by atoms with Crippen molar-refractivity contribution >= 4 is 44.8 Å². The van der Waals surface area contributed by atoms with Gasteiger partial charge in [0.1, 0.15) is 5.75 Å². The fourth-order valence-corrected chi connectivity index (χ4v) is 5.15. The van der Waals surface area contributed by atoms with Crippen molar-refractivity contribution in [3.63, 3.8) is 0 Å². The first-order chi connectivity index (χ1) is 18.3. The zero-order chi connectivity index (χ0) is 26.7. The standard InChI is InChI=1S/C28H32N6O3S.ClH/c1-18(2)38(35,36)34-25-10-4-8-22-21(25)12-11-19(3)26(22)37-27-23(9-6-15-30-27)24-13-16-31-28(33-24)32-20-7-5-14-29-17-20;/h4,6,8-13,15-16,18,20,29,34H,5,7,14,17H2,1-3H3,(H,31,32,33);1H. The molecule has 39 heavy (non-hydrogen) atoms. The van der Waals surface area contributed by atoms with Gasteiger partial charge in [0.15, 0.2) is 0 Å². The molecular formula is C28H33ClN6O3S. The summed E-state index contributed by atoms with van der Waals surface area (Å²) in [5, 5.41) is 7.78. The average molecular weight is 569 g/mol. The maximum Gasteiger partial charge on any atom is 0.235 e. The van der Waals surface area contributed by atoms with E-state index in [9.17, 15) is 8.42 Å². The van der Waals surface area contributed by atoms with Crippen LogP contribution in [0.5, 0.6) is 11.6 Å². The third-order valence-electron chi connectivity index (χ3n) is 6.61. The number of nitrogens with one attached hydrogen (secondary N) is 3. The SMILES string of the molecule is Cc1ccc2c(NS(=O)(=O)C(C)C)cccc2c1Oc1ncccc1-c1ccnc(NC2CCCNC2)n1.Cl. The first-order valence-corrected chi connectivity index (χ1v) is 14.3. The number of nitrogens with zero attached hydrogens (tertiary/aromatic N) is 3. The van der Waals surface area contributed by atoms with E-state index in [2.05, 4.69) is 25.3 Å². The molecule has 1 fully saturated rings. The van der Waals surface area contributed by atoms with Gasteiger partial charge in [-0.1, -0.05) is 24.3 Å². The number of fused-ring (bicyclic) bond motifs is 1. The quantitative estimate of drug-likeness (QED) is 0.254. The van der Waals surface area contributed by atoms with Gasteiger partial charge in [0.2, 0.25) is 21.9 Å². The number of pyridine rings is 1. The maximum atomic E-state index is 12.6. The fraction of sp³-hybridized carbons (Fsp3) is 0.321. The second kappa shape index (κ2) is 12.1. The summed E-state index contributed by atoms with van der Waals surface area (Å²) in [5.74, 6) is 1.57. The van der Waals surface area contributed by atoms with Crippen LogP contribution >= 0.6 is 12.4 Å². The van der Waals surface area contributed by atoms with Crippen LogP contribution in [0.1, 0.15) is 32.3 Å². The van der Waals surface area contributed by atoms with E-state index >= 15 is 0 Å². The summed E-state index contributed by atoms with van der Waals surface area (Å²) in [4.78, 5) is 13.7. The minimum absolute atomic E-state index is 0. The lowest BCUT2D eigenvalue weighted by Crippen LogP contribution is -2.38. The molecule has 206 valence electrons. The third-order valence-corrected chi connectivity index (χ3v) is 8.36. The number of hydrogen-bond donors (Lipinski definition) is 3. The van der Waals surface area contributed by atoms with Crippen molar-refractivity contribution in [2.45, 2.75) is 44.9 Å². The number of ether oxygens (including phenoxy) is 1. The molecule has 9 nitrogen and oxygen atoms in total. The Balaban J connectivity index is 0.00000353. The zero-order valence-corrected chi connectivity index (χ0v) is 23.8. The topological polar surface area (TPSA) is 118 Å². The van der Waals surface area contributed by atoms with E-state index in [0.29, 0.717) is 29.0 Å². The number of anilines is 2. The van der Waals surface area contributed by atoms with Gasteiger partial charge in [-0.15, -0.1) is 12.4 Å². The Kier molecular flexibility index (Phi) is 8.89. The van der Waals surface area contributed by atoms with Crippen LogP contribution in [0.15, 0.2) is 60.9 Å². The molecular weight excluding hydrogens is 536 g/mol. The smallest absolute Gasteiger partial charge is 0.235 e. The Hall–Kier alpha value is -3.47. The number of rotatable bonds is 8. The van der Waals surface area contributed by atoms with Crippen molar-refractivity contribution < 1.29 is 13.2 Å². The molecule has 0 amide bonds. The molecule has 0 saturated carbocycles. The molecule has 3 heterocycles. The molecule has 0 aliphatic carbocycles. The number of sulfonamides is 1. The molecule has 2 aromatic carbocycles. The van der Waals surface area contributed by atoms with Crippen LogP contribution in [-0.4, -0.2) is 47.8 Å². The predicted molar refractivity (Wildman–Crippen MR) is 158 cm³/mol. The molecule has 1 aliphatic rings. The lowest BCUT2D eigenvalue weighted by atomic mass is 10.0. The van der Waals surface area contributed by atoms with E-state index in [1.165, 1.54) is 0 Å². The summed E-state index contributed by atoms with van der Waals surface area (Å²) in [6, 6.07) is 15.2. The summed E-state index contributed by atoms with van der Waals surface area (Å²) in [6.07, 6.45) is 5.59. The molecule has 1 unspecified atom stereocenters. The van der Waals surface area contributed by atoms with E-state index in [1.54, 1.807) is 32.3 Å². The van der Waals surface area contributed by atoms with Crippen molar-refractivity contribution in [1.82, 2.24) is 20.3 Å². The van der Waals surface area contributed by atoms with Gasteiger partial charge < -0.3 is 15.4 Å². The van der Waals surface area contributed by atoms with E-state index < -0.39 is 15.3 Å². The normalized spacial score (nSPS) is 15.5. The Morgan fingerprint density at radius 2 is 1.87 bits per heavy atom. The fourth-order valence-electron chi connectivity index (χ4n) is 4.43. The first-order valence-electron chi connectivity index (χ1n) is 12.8. The number of halogens is 1. The molecule has 2 aromatic heterocycles. The van der Waals surface area contributed by atoms with Crippen molar-refractivity contribution in [2.75, 3.05) is 23.1 Å². The van der Waals surface area contributed by atoms with Gasteiger partial charge in [0.05, 0.1) is 22.2 Å². The predicted octanol–water partition coefficient (Wildman–Crippen LogP) is 5.53. The van der Waals surface area contributed by atoms with Crippen LogP contribution in [0.25, 0.3) is 22.0 Å². The molecule has 0 radical (unpaired) electrons. The van der Waals surface area contributed by atoms with Gasteiger partial charge in [-0.25, -0.2) is 23.4 Å². The number of aryl methyl sites for hydroxylation is 1. The molecule has 11 heteroatoms. The van der Waals surface area contributed by atoms with E-state index in [4.69, 9.17) is 9.72 Å². The highest BCUT2D eigenvalue weighted by molar-refractivity contribution is 7.93. The van der Waals surface area contributed by atoms with E-state index in [1.807, 2.05) is 49.4 Å². The van der Waals surface area contributed by atoms with Crippen molar-refractivity contribution in [2.24, 2.45) is 0 Å². The van der Waals surface area contributed by atoms with Gasteiger partial charge in [-0.2, -0.15) is 0 Å². The lowest BCUT2D eigenvalue weighted by Gasteiger charge is -2.23. The Morgan fingerprint density at radius 3 is 2.64 bits per heavy atom. The van der Waals surface area contributed by atoms with Crippen LogP contribution in [0.2, 0.25) is 0 Å². The monoisotopic (exact) mass is 568 g/mol. The molecule has 5 rings (SSSR count). The van der Waals surface area contributed by atoms with Crippen LogP contribution in [0.3, 0.4) is 0 Å². The first kappa shape index (κ1) is 28.5. The highest BCUT2D eigenvalue weighted by Crippen LogP contribution is 2.38. The zero-order valence-electron chi connectivity index (χ0n) is 22.1. The van der Waals surface area contributed by atoms with Gasteiger partial charge in [0.25, 0.3) is 0 Å². The largest absolute Gasteiger partial charge is 0.437 e. The second-order valence-corrected chi connectivity index (χ2v) is 12.0. The minimum atomic E-state index is -3.51. The Bertz CT molecular complexity index is 1560. The third kappa shape index (κ3) is 6.41.